The first-order chi connectivity index (χ1) is 19.6. The second-order valence-corrected chi connectivity index (χ2v) is 9.26. The lowest BCUT2D eigenvalue weighted by Gasteiger charge is -2.38. The molecule has 0 aliphatic carbocycles. The molecule has 0 saturated carbocycles. The summed E-state index contributed by atoms with van der Waals surface area (Å²) in [5.74, 6) is -2.63. The Hall–Kier alpha value is -5.00. The molecule has 210 valence electrons. The van der Waals surface area contributed by atoms with E-state index in [2.05, 4.69) is 15.6 Å². The summed E-state index contributed by atoms with van der Waals surface area (Å²) in [4.78, 5) is 28.8. The first-order valence-corrected chi connectivity index (χ1v) is 12.5. The number of oxime groups is 1. The molecular weight excluding hydrogens is 542 g/mol. The molecular formula is C29H23F4N5O3. The van der Waals surface area contributed by atoms with Crippen LogP contribution >= 0.6 is 0 Å². The van der Waals surface area contributed by atoms with Crippen LogP contribution in [0.1, 0.15) is 45.6 Å². The van der Waals surface area contributed by atoms with Crippen molar-refractivity contribution in [3.63, 3.8) is 0 Å². The maximum Gasteiger partial charge on any atom is 0.416 e. The molecule has 1 aliphatic heterocycles. The van der Waals surface area contributed by atoms with E-state index < -0.39 is 41.3 Å². The number of fused-ring (bicyclic) bond motifs is 1. The van der Waals surface area contributed by atoms with Crippen LogP contribution in [0.15, 0.2) is 84.0 Å². The minimum atomic E-state index is -4.67. The summed E-state index contributed by atoms with van der Waals surface area (Å²) in [5, 5.41) is 19.8. The average molecular weight is 566 g/mol. The molecule has 2 N–H and O–H groups in total. The van der Waals surface area contributed by atoms with Gasteiger partial charge in [0.1, 0.15) is 23.4 Å². The van der Waals surface area contributed by atoms with Gasteiger partial charge in [0, 0.05) is 23.6 Å². The van der Waals surface area contributed by atoms with Crippen molar-refractivity contribution >= 4 is 23.8 Å². The Morgan fingerprint density at radius 1 is 1.07 bits per heavy atom. The molecule has 2 amide bonds. The van der Waals surface area contributed by atoms with Crippen molar-refractivity contribution in [3.8, 4) is 5.69 Å². The largest absolute Gasteiger partial charge is 0.416 e. The van der Waals surface area contributed by atoms with Crippen LogP contribution in [-0.4, -0.2) is 45.6 Å². The Bertz CT molecular complexity index is 1620. The van der Waals surface area contributed by atoms with E-state index in [4.69, 9.17) is 0 Å². The van der Waals surface area contributed by atoms with Crippen LogP contribution in [0.2, 0.25) is 0 Å². The molecule has 5 rings (SSSR count). The van der Waals surface area contributed by atoms with Crippen LogP contribution in [0.25, 0.3) is 5.69 Å². The molecule has 0 spiro atoms. The molecule has 0 bridgehead atoms. The summed E-state index contributed by atoms with van der Waals surface area (Å²) in [5.41, 5.74) is 0.275. The van der Waals surface area contributed by atoms with Gasteiger partial charge in [-0.3, -0.25) is 14.5 Å². The molecule has 3 aromatic carbocycles. The number of amides is 2. The second kappa shape index (κ2) is 10.9. The smallest absolute Gasteiger partial charge is 0.411 e. The molecule has 41 heavy (non-hydrogen) atoms. The topological polar surface area (TPSA) is 99.8 Å². The van der Waals surface area contributed by atoms with E-state index >= 15 is 0 Å². The van der Waals surface area contributed by atoms with E-state index in [0.717, 1.165) is 18.3 Å². The Balaban J connectivity index is 1.70. The fourth-order valence-electron chi connectivity index (χ4n) is 5.02. The number of benzene rings is 3. The van der Waals surface area contributed by atoms with Gasteiger partial charge >= 0.3 is 6.18 Å². The second-order valence-electron chi connectivity index (χ2n) is 9.26. The molecule has 0 radical (unpaired) electrons. The van der Waals surface area contributed by atoms with Gasteiger partial charge in [-0.15, -0.1) is 0 Å². The molecule has 1 aromatic heterocycles. The van der Waals surface area contributed by atoms with E-state index in [1.165, 1.54) is 39.9 Å². The highest BCUT2D eigenvalue weighted by Gasteiger charge is 2.46. The lowest BCUT2D eigenvalue weighted by Crippen LogP contribution is -2.55. The van der Waals surface area contributed by atoms with E-state index in [9.17, 15) is 32.4 Å². The van der Waals surface area contributed by atoms with Gasteiger partial charge in [-0.2, -0.15) is 18.3 Å². The number of nitrogens with one attached hydrogen (secondary N) is 1. The predicted molar refractivity (Wildman–Crippen MR) is 142 cm³/mol. The molecule has 1 aliphatic rings. The minimum absolute atomic E-state index is 0.145. The van der Waals surface area contributed by atoms with Crippen molar-refractivity contribution in [3.05, 3.63) is 113 Å². The van der Waals surface area contributed by atoms with Gasteiger partial charge < -0.3 is 10.5 Å². The summed E-state index contributed by atoms with van der Waals surface area (Å²) < 4.78 is 55.4. The lowest BCUT2D eigenvalue weighted by atomic mass is 9.81. The third kappa shape index (κ3) is 5.15. The third-order valence-corrected chi connectivity index (χ3v) is 6.82. The SMILES string of the molecule is CCN1C(=O)[C@@H](NC(=O)c2cccc(C(F)(F)F)c2)[C@@H](c2ccc(F)cc2)c2c(/C=N/O)nn(-c3ccccc3)c21. The zero-order valence-electron chi connectivity index (χ0n) is 21.5. The summed E-state index contributed by atoms with van der Waals surface area (Å²) >= 11 is 0. The van der Waals surface area contributed by atoms with Gasteiger partial charge in [0.15, 0.2) is 0 Å². The lowest BCUT2D eigenvalue weighted by molar-refractivity contribution is -0.137. The number of aromatic nitrogens is 2. The fraction of sp³-hybridized carbons (Fsp3) is 0.172. The van der Waals surface area contributed by atoms with Crippen LogP contribution < -0.4 is 10.2 Å². The molecule has 4 aromatic rings. The van der Waals surface area contributed by atoms with Crippen LogP contribution in [-0.2, 0) is 11.0 Å². The molecule has 0 saturated heterocycles. The van der Waals surface area contributed by atoms with Gasteiger partial charge in [-0.25, -0.2) is 9.07 Å². The van der Waals surface area contributed by atoms with Gasteiger partial charge in [0.25, 0.3) is 11.8 Å². The van der Waals surface area contributed by atoms with E-state index in [-0.39, 0.29) is 17.8 Å². The number of halogens is 4. The maximum atomic E-state index is 14.0. The normalized spacial score (nSPS) is 17.1. The molecule has 0 fully saturated rings. The van der Waals surface area contributed by atoms with Crippen LogP contribution in [0, 0.1) is 5.82 Å². The Morgan fingerprint density at radius 2 is 1.78 bits per heavy atom. The van der Waals surface area contributed by atoms with Gasteiger partial charge in [0.2, 0.25) is 0 Å². The Kier molecular flexibility index (Phi) is 7.31. The number of hydrogen-bond donors (Lipinski definition) is 2. The van der Waals surface area contributed by atoms with Crippen molar-refractivity contribution in [1.82, 2.24) is 15.1 Å². The number of likely N-dealkylation sites (N-methyl/N-ethyl adjacent to an activating group) is 1. The Morgan fingerprint density at radius 3 is 2.41 bits per heavy atom. The van der Waals surface area contributed by atoms with E-state index in [0.29, 0.717) is 28.7 Å². The van der Waals surface area contributed by atoms with Crippen molar-refractivity contribution in [2.24, 2.45) is 5.16 Å². The van der Waals surface area contributed by atoms with Crippen molar-refractivity contribution in [2.45, 2.75) is 25.1 Å². The molecule has 0 unspecified atom stereocenters. The molecule has 12 heteroatoms. The minimum Gasteiger partial charge on any atom is -0.411 e. The number of para-hydroxylation sites is 1. The van der Waals surface area contributed by atoms with Crippen molar-refractivity contribution < 1.29 is 32.4 Å². The highest BCUT2D eigenvalue weighted by molar-refractivity contribution is 6.06. The standard InChI is InChI=1S/C29H23F4N5O3/c1-2-37-27-24(22(16-34-41)36-38(27)21-9-4-3-5-10-21)23(17-11-13-20(30)14-12-17)25(28(37)40)35-26(39)18-7-6-8-19(15-18)29(31,32)33/h3-16,23,25,41H,2H2,1H3,(H,35,39)/b34-16+/t23-,25-/m0/s1. The average Bonchev–Trinajstić information content (AvgIpc) is 3.33. The quantitative estimate of drug-likeness (QED) is 0.146. The summed E-state index contributed by atoms with van der Waals surface area (Å²) in [6.45, 7) is 1.86. The van der Waals surface area contributed by atoms with Crippen molar-refractivity contribution in [1.29, 1.82) is 0 Å². The van der Waals surface area contributed by atoms with E-state index in [1.54, 1.807) is 37.3 Å². The zero-order valence-corrected chi connectivity index (χ0v) is 21.5. The van der Waals surface area contributed by atoms with Gasteiger partial charge in [0.05, 0.1) is 17.5 Å². The monoisotopic (exact) mass is 565 g/mol. The molecule has 8 nitrogen and oxygen atoms in total. The predicted octanol–water partition coefficient (Wildman–Crippen LogP) is 5.14. The summed E-state index contributed by atoms with van der Waals surface area (Å²) in [7, 11) is 0. The van der Waals surface area contributed by atoms with Gasteiger partial charge in [-0.05, 0) is 55.0 Å². The number of hydrogen-bond acceptors (Lipinski definition) is 5. The summed E-state index contributed by atoms with van der Waals surface area (Å²) in [6.07, 6.45) is -3.59. The number of anilines is 1. The highest BCUT2D eigenvalue weighted by Crippen LogP contribution is 2.43. The number of carbonyl (C=O) groups is 2. The first-order valence-electron chi connectivity index (χ1n) is 12.5. The number of rotatable bonds is 6. The van der Waals surface area contributed by atoms with E-state index in [1.807, 2.05) is 0 Å². The number of carbonyl (C=O) groups excluding carboxylic acids is 2. The molecule has 2 atom stereocenters. The van der Waals surface area contributed by atoms with Crippen molar-refractivity contribution in [2.75, 3.05) is 11.4 Å². The Labute approximate surface area is 231 Å². The summed E-state index contributed by atoms with van der Waals surface area (Å²) in [6, 6.07) is 16.7. The zero-order chi connectivity index (χ0) is 29.3. The van der Waals surface area contributed by atoms with Crippen LogP contribution in [0.3, 0.4) is 0 Å². The van der Waals surface area contributed by atoms with Crippen LogP contribution in [0.5, 0.6) is 0 Å². The maximum absolute atomic E-state index is 14.0. The highest BCUT2D eigenvalue weighted by atomic mass is 19.4. The third-order valence-electron chi connectivity index (χ3n) is 6.82. The molecule has 2 heterocycles. The number of nitrogens with zero attached hydrogens (tertiary/aromatic N) is 4. The van der Waals surface area contributed by atoms with Crippen LogP contribution in [0.4, 0.5) is 23.4 Å². The van der Waals surface area contributed by atoms with Gasteiger partial charge in [-0.1, -0.05) is 41.6 Å². The fourth-order valence-corrected chi connectivity index (χ4v) is 5.02. The number of alkyl halides is 3. The first kappa shape index (κ1) is 27.6.